The largest absolute Gasteiger partial charge is 0.352 e. The van der Waals surface area contributed by atoms with Crippen molar-refractivity contribution in [1.82, 2.24) is 14.9 Å². The molecule has 0 aliphatic rings. The number of aryl methyl sites for hydroxylation is 1. The fourth-order valence-electron chi connectivity index (χ4n) is 2.81. The molecular weight excluding hydrogens is 322 g/mol. The lowest BCUT2D eigenvalue weighted by Gasteiger charge is -2.09. The zero-order valence-corrected chi connectivity index (χ0v) is 14.4. The third-order valence-electron chi connectivity index (χ3n) is 3.90. The van der Waals surface area contributed by atoms with Gasteiger partial charge < -0.3 is 9.88 Å². The van der Waals surface area contributed by atoms with Crippen LogP contribution in [0, 0.1) is 0 Å². The molecule has 5 heteroatoms. The maximum absolute atomic E-state index is 12.2. The van der Waals surface area contributed by atoms with Crippen LogP contribution in [-0.4, -0.2) is 22.0 Å². The summed E-state index contributed by atoms with van der Waals surface area (Å²) in [6.07, 6.45) is 1.74. The minimum Gasteiger partial charge on any atom is -0.352 e. The second kappa shape index (κ2) is 7.49. The fourth-order valence-corrected chi connectivity index (χ4v) is 3.00. The summed E-state index contributed by atoms with van der Waals surface area (Å²) in [5.41, 5.74) is 2.72. The molecule has 4 nitrogen and oxygen atoms in total. The number of para-hydroxylation sites is 2. The first-order chi connectivity index (χ1) is 11.7. The smallest absolute Gasteiger partial charge is 0.251 e. The van der Waals surface area contributed by atoms with Crippen LogP contribution in [0.25, 0.3) is 11.0 Å². The molecule has 0 aliphatic heterocycles. The second-order valence-electron chi connectivity index (χ2n) is 5.68. The van der Waals surface area contributed by atoms with E-state index in [-0.39, 0.29) is 5.91 Å². The average molecular weight is 342 g/mol. The molecule has 0 bridgehead atoms. The van der Waals surface area contributed by atoms with Crippen molar-refractivity contribution in [3.8, 4) is 0 Å². The molecule has 124 valence electrons. The van der Waals surface area contributed by atoms with Crippen molar-refractivity contribution in [2.75, 3.05) is 6.54 Å². The van der Waals surface area contributed by atoms with Crippen molar-refractivity contribution in [3.05, 3.63) is 64.9 Å². The number of nitrogens with zero attached hydrogens (tertiary/aromatic N) is 2. The van der Waals surface area contributed by atoms with Crippen LogP contribution in [0.3, 0.4) is 0 Å². The van der Waals surface area contributed by atoms with Gasteiger partial charge in [-0.05, 0) is 36.8 Å². The maximum atomic E-state index is 12.2. The highest BCUT2D eigenvalue weighted by Gasteiger charge is 2.11. The Hall–Kier alpha value is -2.33. The van der Waals surface area contributed by atoms with E-state index < -0.39 is 0 Å². The number of nitrogens with one attached hydrogen (secondary N) is 1. The van der Waals surface area contributed by atoms with Crippen LogP contribution in [0.15, 0.2) is 48.5 Å². The highest BCUT2D eigenvalue weighted by molar-refractivity contribution is 6.30. The van der Waals surface area contributed by atoms with Gasteiger partial charge in [0.15, 0.2) is 0 Å². The monoisotopic (exact) mass is 341 g/mol. The molecule has 0 unspecified atom stereocenters. The minimum atomic E-state index is -0.115. The Morgan fingerprint density at radius 1 is 1.21 bits per heavy atom. The molecule has 0 fully saturated rings. The number of hydrogen-bond donors (Lipinski definition) is 1. The average Bonchev–Trinajstić information content (AvgIpc) is 2.93. The maximum Gasteiger partial charge on any atom is 0.251 e. The number of imidazole rings is 1. The first-order valence-electron chi connectivity index (χ1n) is 8.17. The van der Waals surface area contributed by atoms with E-state index in [1.807, 2.05) is 18.2 Å². The summed E-state index contributed by atoms with van der Waals surface area (Å²) in [6, 6.07) is 15.1. The van der Waals surface area contributed by atoms with Crippen LogP contribution in [0.1, 0.15) is 29.5 Å². The zero-order chi connectivity index (χ0) is 16.9. The van der Waals surface area contributed by atoms with Crippen LogP contribution in [0.5, 0.6) is 0 Å². The van der Waals surface area contributed by atoms with Gasteiger partial charge in [-0.3, -0.25) is 4.79 Å². The van der Waals surface area contributed by atoms with Gasteiger partial charge in [-0.15, -0.1) is 0 Å². The lowest BCUT2D eigenvalue weighted by atomic mass is 10.2. The van der Waals surface area contributed by atoms with Crippen molar-refractivity contribution < 1.29 is 4.79 Å². The predicted molar refractivity (Wildman–Crippen MR) is 97.5 cm³/mol. The Morgan fingerprint density at radius 3 is 2.83 bits per heavy atom. The summed E-state index contributed by atoms with van der Waals surface area (Å²) in [5, 5.41) is 3.50. The number of fused-ring (bicyclic) bond motifs is 1. The third-order valence-corrected chi connectivity index (χ3v) is 4.14. The fraction of sp³-hybridized carbons (Fsp3) is 0.263. The van der Waals surface area contributed by atoms with E-state index in [2.05, 4.69) is 22.9 Å². The summed E-state index contributed by atoms with van der Waals surface area (Å²) >= 11 is 5.93. The van der Waals surface area contributed by atoms with Gasteiger partial charge in [0.05, 0.1) is 11.0 Å². The normalized spacial score (nSPS) is 10.9. The molecule has 0 saturated heterocycles. The van der Waals surface area contributed by atoms with Crippen LogP contribution in [0.4, 0.5) is 0 Å². The quantitative estimate of drug-likeness (QED) is 0.734. The number of amides is 1. The first kappa shape index (κ1) is 16.5. The van der Waals surface area contributed by atoms with Crippen LogP contribution in [-0.2, 0) is 13.0 Å². The van der Waals surface area contributed by atoms with Crippen molar-refractivity contribution >= 4 is 28.5 Å². The van der Waals surface area contributed by atoms with Crippen molar-refractivity contribution in [1.29, 1.82) is 0 Å². The number of aromatic nitrogens is 2. The molecule has 0 saturated carbocycles. The van der Waals surface area contributed by atoms with E-state index >= 15 is 0 Å². The van der Waals surface area contributed by atoms with Crippen LogP contribution in [0.2, 0.25) is 5.02 Å². The Morgan fingerprint density at radius 2 is 2.04 bits per heavy atom. The summed E-state index contributed by atoms with van der Waals surface area (Å²) in [7, 11) is 0. The number of benzene rings is 2. The SMILES string of the molecule is CCCn1c(CCNC(=O)c2cccc(Cl)c2)nc2ccccc21. The topological polar surface area (TPSA) is 46.9 Å². The molecule has 0 atom stereocenters. The molecule has 0 radical (unpaired) electrons. The molecule has 1 heterocycles. The van der Waals surface area contributed by atoms with Crippen LogP contribution < -0.4 is 5.32 Å². The number of hydrogen-bond acceptors (Lipinski definition) is 2. The van der Waals surface area contributed by atoms with Crippen molar-refractivity contribution in [2.24, 2.45) is 0 Å². The van der Waals surface area contributed by atoms with E-state index in [4.69, 9.17) is 16.6 Å². The number of carbonyl (C=O) groups excluding carboxylic acids is 1. The predicted octanol–water partition coefficient (Wildman–Crippen LogP) is 4.07. The molecule has 1 amide bonds. The van der Waals surface area contributed by atoms with Gasteiger partial charge >= 0.3 is 0 Å². The highest BCUT2D eigenvalue weighted by Crippen LogP contribution is 2.17. The molecular formula is C19H20ClN3O. The van der Waals surface area contributed by atoms with Gasteiger partial charge in [-0.25, -0.2) is 4.98 Å². The number of rotatable bonds is 6. The Balaban J connectivity index is 1.69. The van der Waals surface area contributed by atoms with Crippen molar-refractivity contribution in [3.63, 3.8) is 0 Å². The van der Waals surface area contributed by atoms with Gasteiger partial charge in [0, 0.05) is 30.1 Å². The first-order valence-corrected chi connectivity index (χ1v) is 8.54. The molecule has 0 aliphatic carbocycles. The van der Waals surface area contributed by atoms with Gasteiger partial charge in [0.25, 0.3) is 5.91 Å². The second-order valence-corrected chi connectivity index (χ2v) is 6.12. The Kier molecular flexibility index (Phi) is 5.16. The number of halogens is 1. The summed E-state index contributed by atoms with van der Waals surface area (Å²) < 4.78 is 2.24. The summed E-state index contributed by atoms with van der Waals surface area (Å²) in [5.74, 6) is 0.889. The highest BCUT2D eigenvalue weighted by atomic mass is 35.5. The lowest BCUT2D eigenvalue weighted by Crippen LogP contribution is -2.26. The summed E-state index contributed by atoms with van der Waals surface area (Å²) in [6.45, 7) is 3.62. The molecule has 2 aromatic carbocycles. The molecule has 24 heavy (non-hydrogen) atoms. The van der Waals surface area contributed by atoms with Gasteiger partial charge in [0.2, 0.25) is 0 Å². The molecule has 3 aromatic rings. The lowest BCUT2D eigenvalue weighted by molar-refractivity contribution is 0.0954. The van der Waals surface area contributed by atoms with Gasteiger partial charge in [-0.2, -0.15) is 0 Å². The zero-order valence-electron chi connectivity index (χ0n) is 13.6. The molecule has 0 spiro atoms. The molecule has 1 N–H and O–H groups in total. The summed E-state index contributed by atoms with van der Waals surface area (Å²) in [4.78, 5) is 16.9. The van der Waals surface area contributed by atoms with Crippen LogP contribution >= 0.6 is 11.6 Å². The van der Waals surface area contributed by atoms with E-state index in [1.54, 1.807) is 24.3 Å². The van der Waals surface area contributed by atoms with E-state index in [9.17, 15) is 4.79 Å². The van der Waals surface area contributed by atoms with E-state index in [0.29, 0.717) is 23.6 Å². The number of carbonyl (C=O) groups is 1. The Labute approximate surface area is 146 Å². The van der Waals surface area contributed by atoms with E-state index in [0.717, 1.165) is 29.8 Å². The van der Waals surface area contributed by atoms with Crippen molar-refractivity contribution in [2.45, 2.75) is 26.3 Å². The third kappa shape index (κ3) is 3.60. The Bertz CT molecular complexity index is 857. The van der Waals surface area contributed by atoms with Gasteiger partial charge in [-0.1, -0.05) is 36.7 Å². The van der Waals surface area contributed by atoms with E-state index in [1.165, 1.54) is 0 Å². The molecule has 3 rings (SSSR count). The molecule has 1 aromatic heterocycles. The van der Waals surface area contributed by atoms with Gasteiger partial charge in [0.1, 0.15) is 5.82 Å². The standard InChI is InChI=1S/C19H20ClN3O/c1-2-12-23-17-9-4-3-8-16(17)22-18(23)10-11-21-19(24)14-6-5-7-15(20)13-14/h3-9,13H,2,10-12H2,1H3,(H,21,24). The minimum absolute atomic E-state index is 0.115.